The summed E-state index contributed by atoms with van der Waals surface area (Å²) in [5.41, 5.74) is 5.91. The van der Waals surface area contributed by atoms with Crippen LogP contribution in [0.3, 0.4) is 0 Å². The highest BCUT2D eigenvalue weighted by molar-refractivity contribution is 5.71. The molecule has 0 fully saturated rings. The van der Waals surface area contributed by atoms with Crippen molar-refractivity contribution in [2.75, 3.05) is 0 Å². The van der Waals surface area contributed by atoms with Gasteiger partial charge in [-0.3, -0.25) is 0 Å². The van der Waals surface area contributed by atoms with Gasteiger partial charge in [-0.25, -0.2) is 14.5 Å². The lowest BCUT2D eigenvalue weighted by Crippen LogP contribution is -2.28. The molecule has 2 heterocycles. The molecule has 0 saturated carbocycles. The first-order valence-corrected chi connectivity index (χ1v) is 4.74. The molecule has 2 rings (SSSR count). The largest absolute Gasteiger partial charge is 0.352 e. The Hall–Kier alpha value is -2.37. The Morgan fingerprint density at radius 3 is 3.06 bits per heavy atom. The minimum absolute atomic E-state index is 0.381. The molecule has 2 amide bonds. The number of nitrogens with zero attached hydrogens (tertiary/aromatic N) is 3. The van der Waals surface area contributed by atoms with Gasteiger partial charge in [-0.05, 0) is 23.8 Å². The molecule has 0 saturated heterocycles. The number of amides is 2. The lowest BCUT2D eigenvalue weighted by Gasteiger charge is -2.04. The predicted molar refractivity (Wildman–Crippen MR) is 57.8 cm³/mol. The Bertz CT molecular complexity index is 480. The number of carbonyl (C=O) groups excluding carboxylic acids is 1. The molecule has 0 aliphatic rings. The Balaban J connectivity index is 2.17. The summed E-state index contributed by atoms with van der Waals surface area (Å²) >= 11 is 0. The zero-order valence-electron chi connectivity index (χ0n) is 8.50. The monoisotopic (exact) mass is 217 g/mol. The first-order valence-electron chi connectivity index (χ1n) is 4.74. The highest BCUT2D eigenvalue weighted by atomic mass is 16.2. The number of pyridine rings is 1. The summed E-state index contributed by atoms with van der Waals surface area (Å²) in [5, 5.41) is 6.58. The number of nitrogens with one attached hydrogen (secondary N) is 1. The number of carbonyl (C=O) groups is 1. The van der Waals surface area contributed by atoms with Crippen LogP contribution >= 0.6 is 0 Å². The van der Waals surface area contributed by atoms with Crippen LogP contribution in [0.25, 0.3) is 5.82 Å². The third-order valence-electron chi connectivity index (χ3n) is 2.02. The van der Waals surface area contributed by atoms with Crippen LogP contribution in [-0.4, -0.2) is 20.8 Å². The number of primary amides is 1. The third-order valence-corrected chi connectivity index (χ3v) is 2.02. The van der Waals surface area contributed by atoms with Gasteiger partial charge in [0.05, 0.1) is 0 Å². The van der Waals surface area contributed by atoms with Crippen LogP contribution in [0.5, 0.6) is 0 Å². The molecule has 0 radical (unpaired) electrons. The molecule has 0 unspecified atom stereocenters. The van der Waals surface area contributed by atoms with Crippen LogP contribution in [0.2, 0.25) is 0 Å². The van der Waals surface area contributed by atoms with Crippen LogP contribution in [0.4, 0.5) is 4.79 Å². The molecule has 0 aliphatic heterocycles. The van der Waals surface area contributed by atoms with Gasteiger partial charge < -0.3 is 11.1 Å². The topological polar surface area (TPSA) is 85.8 Å². The van der Waals surface area contributed by atoms with E-state index in [4.69, 9.17) is 5.73 Å². The minimum Gasteiger partial charge on any atom is -0.352 e. The molecule has 0 atom stereocenters. The number of urea groups is 1. The Kier molecular flexibility index (Phi) is 2.81. The molecule has 2 aromatic heterocycles. The molecule has 6 nitrogen and oxygen atoms in total. The summed E-state index contributed by atoms with van der Waals surface area (Å²) in [6.45, 7) is 0.381. The number of hydrogen-bond donors (Lipinski definition) is 2. The van der Waals surface area contributed by atoms with E-state index >= 15 is 0 Å². The maximum Gasteiger partial charge on any atom is 0.312 e. The fourth-order valence-corrected chi connectivity index (χ4v) is 1.29. The normalized spacial score (nSPS) is 10.0. The van der Waals surface area contributed by atoms with Gasteiger partial charge >= 0.3 is 6.03 Å². The summed E-state index contributed by atoms with van der Waals surface area (Å²) in [5.74, 6) is 0.703. The fraction of sp³-hybridized carbons (Fsp3) is 0.100. The second kappa shape index (κ2) is 4.43. The van der Waals surface area contributed by atoms with E-state index in [1.54, 1.807) is 23.3 Å². The Morgan fingerprint density at radius 1 is 1.50 bits per heavy atom. The molecule has 2 aromatic rings. The minimum atomic E-state index is -0.544. The molecule has 0 bridgehead atoms. The van der Waals surface area contributed by atoms with E-state index in [1.165, 1.54) is 0 Å². The van der Waals surface area contributed by atoms with E-state index in [9.17, 15) is 4.79 Å². The number of rotatable bonds is 3. The quantitative estimate of drug-likeness (QED) is 0.782. The van der Waals surface area contributed by atoms with E-state index in [2.05, 4.69) is 15.4 Å². The molecule has 0 aliphatic carbocycles. The average Bonchev–Trinajstić information content (AvgIpc) is 2.80. The molecule has 0 aromatic carbocycles. The van der Waals surface area contributed by atoms with Gasteiger partial charge in [-0.1, -0.05) is 0 Å². The molecule has 16 heavy (non-hydrogen) atoms. The lowest BCUT2D eigenvalue weighted by molar-refractivity contribution is 0.248. The molecule has 6 heteroatoms. The third kappa shape index (κ3) is 2.35. The predicted octanol–water partition coefficient (Wildman–Crippen LogP) is 0.436. The van der Waals surface area contributed by atoms with Gasteiger partial charge in [0, 0.05) is 25.1 Å². The summed E-state index contributed by atoms with van der Waals surface area (Å²) in [4.78, 5) is 14.7. The average molecular weight is 217 g/mol. The number of hydrogen-bond acceptors (Lipinski definition) is 3. The van der Waals surface area contributed by atoms with Crippen LogP contribution in [-0.2, 0) is 6.54 Å². The highest BCUT2D eigenvalue weighted by Crippen LogP contribution is 2.05. The first-order chi connectivity index (χ1) is 7.75. The van der Waals surface area contributed by atoms with Crippen molar-refractivity contribution in [2.24, 2.45) is 5.73 Å². The van der Waals surface area contributed by atoms with Gasteiger partial charge in [0.2, 0.25) is 0 Å². The van der Waals surface area contributed by atoms with E-state index in [0.717, 1.165) is 5.56 Å². The maximum atomic E-state index is 10.6. The van der Waals surface area contributed by atoms with E-state index < -0.39 is 6.03 Å². The van der Waals surface area contributed by atoms with Crippen LogP contribution in [0, 0.1) is 0 Å². The lowest BCUT2D eigenvalue weighted by atomic mass is 10.2. The molecule has 82 valence electrons. The summed E-state index contributed by atoms with van der Waals surface area (Å²) in [7, 11) is 0. The van der Waals surface area contributed by atoms with Crippen LogP contribution in [0.1, 0.15) is 5.56 Å². The second-order valence-corrected chi connectivity index (χ2v) is 3.19. The van der Waals surface area contributed by atoms with E-state index in [0.29, 0.717) is 12.4 Å². The van der Waals surface area contributed by atoms with Gasteiger partial charge in [0.15, 0.2) is 5.82 Å². The Labute approximate surface area is 92.1 Å². The van der Waals surface area contributed by atoms with Gasteiger partial charge in [0.25, 0.3) is 0 Å². The number of nitrogens with two attached hydrogens (primary N) is 1. The zero-order valence-corrected chi connectivity index (χ0v) is 8.50. The van der Waals surface area contributed by atoms with Gasteiger partial charge in [0.1, 0.15) is 0 Å². The first kappa shape index (κ1) is 10.2. The van der Waals surface area contributed by atoms with Crippen molar-refractivity contribution >= 4 is 6.03 Å². The van der Waals surface area contributed by atoms with Crippen molar-refractivity contribution in [1.29, 1.82) is 0 Å². The van der Waals surface area contributed by atoms with Crippen molar-refractivity contribution in [3.63, 3.8) is 0 Å². The molecular weight excluding hydrogens is 206 g/mol. The maximum absolute atomic E-state index is 10.6. The molecule has 3 N–H and O–H groups in total. The van der Waals surface area contributed by atoms with Crippen molar-refractivity contribution in [3.05, 3.63) is 42.4 Å². The fourth-order valence-electron chi connectivity index (χ4n) is 1.29. The van der Waals surface area contributed by atoms with Crippen molar-refractivity contribution in [2.45, 2.75) is 6.54 Å². The smallest absolute Gasteiger partial charge is 0.312 e. The second-order valence-electron chi connectivity index (χ2n) is 3.19. The standard InChI is InChI=1S/C10H11N5O/c11-10(16)13-7-8-2-4-12-9(6-8)15-5-1-3-14-15/h1-6H,7H2,(H3,11,13,16). The summed E-state index contributed by atoms with van der Waals surface area (Å²) in [6.07, 6.45) is 5.14. The van der Waals surface area contributed by atoms with E-state index in [-0.39, 0.29) is 0 Å². The van der Waals surface area contributed by atoms with E-state index in [1.807, 2.05) is 18.2 Å². The molecular formula is C10H11N5O. The Morgan fingerprint density at radius 2 is 2.38 bits per heavy atom. The van der Waals surface area contributed by atoms with Crippen molar-refractivity contribution in [1.82, 2.24) is 20.1 Å². The van der Waals surface area contributed by atoms with Gasteiger partial charge in [-0.2, -0.15) is 5.10 Å². The summed E-state index contributed by atoms with van der Waals surface area (Å²) in [6, 6.07) is 4.92. The SMILES string of the molecule is NC(=O)NCc1ccnc(-n2cccn2)c1. The highest BCUT2D eigenvalue weighted by Gasteiger charge is 2.00. The van der Waals surface area contributed by atoms with Crippen molar-refractivity contribution < 1.29 is 4.79 Å². The molecule has 0 spiro atoms. The number of aromatic nitrogens is 3. The van der Waals surface area contributed by atoms with Crippen LogP contribution < -0.4 is 11.1 Å². The zero-order chi connectivity index (χ0) is 11.4. The summed E-state index contributed by atoms with van der Waals surface area (Å²) < 4.78 is 1.65. The van der Waals surface area contributed by atoms with Crippen molar-refractivity contribution in [3.8, 4) is 5.82 Å². The van der Waals surface area contributed by atoms with Crippen LogP contribution in [0.15, 0.2) is 36.8 Å². The van der Waals surface area contributed by atoms with Gasteiger partial charge in [-0.15, -0.1) is 0 Å².